The molecule has 96 valence electrons. The van der Waals surface area contributed by atoms with E-state index in [4.69, 9.17) is 11.6 Å². The first-order valence-electron chi connectivity index (χ1n) is 5.76. The van der Waals surface area contributed by atoms with Crippen molar-refractivity contribution in [2.45, 2.75) is 36.4 Å². The molecule has 1 aliphatic rings. The number of hydrogen-bond acceptors (Lipinski definition) is 3. The monoisotopic (exact) mass is 293 g/mol. The molecule has 0 radical (unpaired) electrons. The quantitative estimate of drug-likeness (QED) is 0.801. The van der Waals surface area contributed by atoms with Crippen molar-refractivity contribution in [3.05, 3.63) is 17.0 Å². The summed E-state index contributed by atoms with van der Waals surface area (Å²) in [5, 5.41) is 0. The molecule has 1 aromatic rings. The number of nitrogens with zero attached hydrogens (tertiary/aromatic N) is 1. The molecule has 1 aliphatic heterocycles. The average molecular weight is 294 g/mol. The third kappa shape index (κ3) is 2.52. The fourth-order valence-electron chi connectivity index (χ4n) is 2.08. The van der Waals surface area contributed by atoms with Gasteiger partial charge in [0, 0.05) is 23.3 Å². The van der Waals surface area contributed by atoms with Gasteiger partial charge in [-0.25, -0.2) is 8.42 Å². The summed E-state index contributed by atoms with van der Waals surface area (Å²) in [5.74, 6) is 0.380. The molecule has 0 bridgehead atoms. The second kappa shape index (κ2) is 5.26. The summed E-state index contributed by atoms with van der Waals surface area (Å²) < 4.78 is 26.8. The second-order valence-corrected chi connectivity index (χ2v) is 7.73. The molecular weight excluding hydrogens is 278 g/mol. The van der Waals surface area contributed by atoms with Gasteiger partial charge in [0.15, 0.2) is 0 Å². The lowest BCUT2D eigenvalue weighted by Crippen LogP contribution is -2.36. The van der Waals surface area contributed by atoms with Crippen LogP contribution in [-0.4, -0.2) is 31.2 Å². The normalized spacial score (nSPS) is 22.1. The lowest BCUT2D eigenvalue weighted by Gasteiger charge is -2.21. The Morgan fingerprint density at radius 1 is 1.53 bits per heavy atom. The smallest absolute Gasteiger partial charge is 0.206 e. The maximum absolute atomic E-state index is 12.4. The topological polar surface area (TPSA) is 37.4 Å². The predicted molar refractivity (Wildman–Crippen MR) is 71.3 cm³/mol. The molecule has 1 saturated heterocycles. The lowest BCUT2D eigenvalue weighted by molar-refractivity contribution is 0.412. The Morgan fingerprint density at radius 3 is 2.88 bits per heavy atom. The van der Waals surface area contributed by atoms with Crippen LogP contribution in [0.15, 0.2) is 16.3 Å². The highest BCUT2D eigenvalue weighted by Gasteiger charge is 2.35. The molecule has 0 spiro atoms. The molecule has 17 heavy (non-hydrogen) atoms. The number of thiophene rings is 1. The van der Waals surface area contributed by atoms with Gasteiger partial charge in [0.05, 0.1) is 0 Å². The zero-order chi connectivity index (χ0) is 12.5. The van der Waals surface area contributed by atoms with Crippen molar-refractivity contribution in [3.63, 3.8) is 0 Å². The van der Waals surface area contributed by atoms with Crippen molar-refractivity contribution in [3.8, 4) is 0 Å². The van der Waals surface area contributed by atoms with Crippen molar-refractivity contribution >= 4 is 33.0 Å². The van der Waals surface area contributed by atoms with Crippen LogP contribution < -0.4 is 0 Å². The van der Waals surface area contributed by atoms with E-state index in [0.717, 1.165) is 24.1 Å². The SMILES string of the molecule is CCc1ccc(S(=O)(=O)N2CCCC2CCl)s1. The van der Waals surface area contributed by atoms with Crippen LogP contribution in [0.3, 0.4) is 0 Å². The van der Waals surface area contributed by atoms with E-state index in [1.807, 2.05) is 13.0 Å². The van der Waals surface area contributed by atoms with Crippen molar-refractivity contribution in [1.82, 2.24) is 4.31 Å². The first kappa shape index (κ1) is 13.3. The number of sulfonamides is 1. The molecule has 2 rings (SSSR count). The molecule has 2 heterocycles. The summed E-state index contributed by atoms with van der Waals surface area (Å²) in [6.45, 7) is 2.62. The minimum atomic E-state index is -3.32. The fourth-order valence-corrected chi connectivity index (χ4v) is 5.60. The van der Waals surface area contributed by atoms with Gasteiger partial charge in [0.1, 0.15) is 4.21 Å². The largest absolute Gasteiger partial charge is 0.252 e. The third-order valence-electron chi connectivity index (χ3n) is 3.05. The number of hydrogen-bond donors (Lipinski definition) is 0. The molecule has 3 nitrogen and oxygen atoms in total. The zero-order valence-corrected chi connectivity index (χ0v) is 12.1. The van der Waals surface area contributed by atoms with E-state index in [1.165, 1.54) is 11.3 Å². The van der Waals surface area contributed by atoms with Gasteiger partial charge in [-0.15, -0.1) is 22.9 Å². The standard InChI is InChI=1S/C11H16ClNO2S2/c1-2-10-5-6-11(16-10)17(14,15)13-7-3-4-9(13)8-12/h5-6,9H,2-4,7-8H2,1H3. The molecule has 0 aliphatic carbocycles. The van der Waals surface area contributed by atoms with E-state index in [-0.39, 0.29) is 6.04 Å². The van der Waals surface area contributed by atoms with Crippen LogP contribution >= 0.6 is 22.9 Å². The Balaban J connectivity index is 2.29. The van der Waals surface area contributed by atoms with E-state index >= 15 is 0 Å². The summed E-state index contributed by atoms with van der Waals surface area (Å²) in [6, 6.07) is 3.57. The highest BCUT2D eigenvalue weighted by Crippen LogP contribution is 2.30. The van der Waals surface area contributed by atoms with E-state index in [2.05, 4.69) is 0 Å². The minimum absolute atomic E-state index is 0.0335. The predicted octanol–water partition coefficient (Wildman–Crippen LogP) is 2.70. The van der Waals surface area contributed by atoms with Crippen LogP contribution in [0, 0.1) is 0 Å². The van der Waals surface area contributed by atoms with Crippen LogP contribution in [0.2, 0.25) is 0 Å². The van der Waals surface area contributed by atoms with Crippen molar-refractivity contribution in [2.24, 2.45) is 0 Å². The molecule has 1 atom stereocenters. The van der Waals surface area contributed by atoms with Gasteiger partial charge in [-0.1, -0.05) is 6.92 Å². The van der Waals surface area contributed by atoms with Gasteiger partial charge >= 0.3 is 0 Å². The third-order valence-corrected chi connectivity index (χ3v) is 7.05. The number of halogens is 1. The molecule has 6 heteroatoms. The van der Waals surface area contributed by atoms with E-state index in [9.17, 15) is 8.42 Å². The summed E-state index contributed by atoms with van der Waals surface area (Å²) in [5.41, 5.74) is 0. The Kier molecular flexibility index (Phi) is 4.13. The van der Waals surface area contributed by atoms with Crippen molar-refractivity contribution < 1.29 is 8.42 Å². The highest BCUT2D eigenvalue weighted by atomic mass is 35.5. The van der Waals surface area contributed by atoms with Gasteiger partial charge < -0.3 is 0 Å². The van der Waals surface area contributed by atoms with Gasteiger partial charge in [-0.05, 0) is 31.4 Å². The highest BCUT2D eigenvalue weighted by molar-refractivity contribution is 7.91. The number of alkyl halides is 1. The molecule has 1 aromatic heterocycles. The summed E-state index contributed by atoms with van der Waals surface area (Å²) in [6.07, 6.45) is 2.65. The van der Waals surface area contributed by atoms with E-state index < -0.39 is 10.0 Å². The van der Waals surface area contributed by atoms with Crippen molar-refractivity contribution in [1.29, 1.82) is 0 Å². The van der Waals surface area contributed by atoms with Crippen LogP contribution in [0.5, 0.6) is 0 Å². The Hall–Kier alpha value is -0.100. The zero-order valence-electron chi connectivity index (χ0n) is 9.73. The van der Waals surface area contributed by atoms with Crippen molar-refractivity contribution in [2.75, 3.05) is 12.4 Å². The Labute approximate surface area is 111 Å². The molecule has 1 unspecified atom stereocenters. The molecule has 0 N–H and O–H groups in total. The molecule has 0 saturated carbocycles. The Morgan fingerprint density at radius 2 is 2.29 bits per heavy atom. The van der Waals surface area contributed by atoms with Gasteiger partial charge in [-0.2, -0.15) is 4.31 Å². The first-order chi connectivity index (χ1) is 8.09. The average Bonchev–Trinajstić information content (AvgIpc) is 2.97. The maximum Gasteiger partial charge on any atom is 0.252 e. The molecule has 0 amide bonds. The molecule has 1 fully saturated rings. The van der Waals surface area contributed by atoms with Crippen LogP contribution in [-0.2, 0) is 16.4 Å². The fraction of sp³-hybridized carbons (Fsp3) is 0.636. The minimum Gasteiger partial charge on any atom is -0.206 e. The second-order valence-electron chi connectivity index (χ2n) is 4.14. The van der Waals surface area contributed by atoms with Gasteiger partial charge in [0.2, 0.25) is 0 Å². The Bertz CT molecular complexity index is 483. The van der Waals surface area contributed by atoms with E-state index in [0.29, 0.717) is 16.6 Å². The summed E-state index contributed by atoms with van der Waals surface area (Å²) in [7, 11) is -3.32. The van der Waals surface area contributed by atoms with Crippen LogP contribution in [0.25, 0.3) is 0 Å². The first-order valence-corrected chi connectivity index (χ1v) is 8.55. The van der Waals surface area contributed by atoms with E-state index in [1.54, 1.807) is 10.4 Å². The number of rotatable bonds is 4. The van der Waals surface area contributed by atoms with Crippen LogP contribution in [0.4, 0.5) is 0 Å². The van der Waals surface area contributed by atoms with Gasteiger partial charge in [-0.3, -0.25) is 0 Å². The number of aryl methyl sites for hydroxylation is 1. The van der Waals surface area contributed by atoms with Gasteiger partial charge in [0.25, 0.3) is 10.0 Å². The summed E-state index contributed by atoms with van der Waals surface area (Å²) >= 11 is 7.19. The summed E-state index contributed by atoms with van der Waals surface area (Å²) in [4.78, 5) is 1.10. The van der Waals surface area contributed by atoms with Crippen LogP contribution in [0.1, 0.15) is 24.6 Å². The molecular formula is C11H16ClNO2S2. The lowest BCUT2D eigenvalue weighted by atomic mass is 10.3. The molecule has 0 aromatic carbocycles. The maximum atomic E-state index is 12.4.